The molecule has 3 aromatic carbocycles. The Balaban J connectivity index is 1.52. The van der Waals surface area contributed by atoms with E-state index in [1.54, 1.807) is 23.9 Å². The van der Waals surface area contributed by atoms with E-state index in [1.807, 2.05) is 65.6 Å². The van der Waals surface area contributed by atoms with Crippen molar-refractivity contribution in [3.05, 3.63) is 96.1 Å². The van der Waals surface area contributed by atoms with Gasteiger partial charge in [-0.05, 0) is 47.6 Å². The second-order valence-corrected chi connectivity index (χ2v) is 8.43. The van der Waals surface area contributed by atoms with Crippen LogP contribution in [0, 0.1) is 0 Å². The van der Waals surface area contributed by atoms with Crippen molar-refractivity contribution in [3.8, 4) is 5.75 Å². The molecule has 3 aromatic rings. The van der Waals surface area contributed by atoms with Crippen LogP contribution in [-0.4, -0.2) is 22.9 Å². The van der Waals surface area contributed by atoms with Crippen molar-refractivity contribution in [2.45, 2.75) is 24.6 Å². The third-order valence-electron chi connectivity index (χ3n) is 5.09. The Bertz CT molecular complexity index is 1010. The first kappa shape index (κ1) is 20.2. The highest BCUT2D eigenvalue weighted by Gasteiger charge is 2.48. The van der Waals surface area contributed by atoms with E-state index in [0.717, 1.165) is 23.4 Å². The van der Waals surface area contributed by atoms with Gasteiger partial charge in [0.1, 0.15) is 11.0 Å². The van der Waals surface area contributed by atoms with Crippen molar-refractivity contribution in [2.75, 3.05) is 10.7 Å². The molecule has 1 aliphatic rings. The van der Waals surface area contributed by atoms with Crippen LogP contribution < -0.4 is 9.64 Å². The molecular weight excluding hydrogens is 394 g/mol. The summed E-state index contributed by atoms with van der Waals surface area (Å²) in [5, 5.41) is -0.131. The van der Waals surface area contributed by atoms with Gasteiger partial charge in [-0.2, -0.15) is 0 Å². The Labute approximate surface area is 180 Å². The molecule has 5 heteroatoms. The maximum atomic E-state index is 13.0. The van der Waals surface area contributed by atoms with Crippen molar-refractivity contribution < 1.29 is 14.3 Å². The van der Waals surface area contributed by atoms with Crippen LogP contribution in [0.4, 0.5) is 5.69 Å². The van der Waals surface area contributed by atoms with Crippen LogP contribution in [-0.2, 0) is 16.0 Å². The number of carbonyl (C=O) groups is 2. The van der Waals surface area contributed by atoms with Gasteiger partial charge in [0.25, 0.3) is 0 Å². The molecule has 0 unspecified atom stereocenters. The number of β-lactam (4-membered cyclic amide) rings is 1. The minimum Gasteiger partial charge on any atom is -0.427 e. The van der Waals surface area contributed by atoms with Crippen LogP contribution in [0.2, 0.25) is 0 Å². The second kappa shape index (κ2) is 9.18. The van der Waals surface area contributed by atoms with Crippen LogP contribution in [0.1, 0.15) is 24.1 Å². The SMILES string of the molecule is CC(=O)Oc1ccc([C@@H]2[C@H](SCCc3ccccc3)C(=O)N2c2ccccc2)cc1. The van der Waals surface area contributed by atoms with Crippen molar-refractivity contribution in [1.82, 2.24) is 0 Å². The van der Waals surface area contributed by atoms with Crippen LogP contribution in [0.25, 0.3) is 0 Å². The summed E-state index contributed by atoms with van der Waals surface area (Å²) in [5.41, 5.74) is 3.21. The number of esters is 1. The Kier molecular flexibility index (Phi) is 6.19. The summed E-state index contributed by atoms with van der Waals surface area (Å²) in [6, 6.07) is 27.5. The lowest BCUT2D eigenvalue weighted by atomic mass is 9.92. The number of carbonyl (C=O) groups excluding carboxylic acids is 2. The Morgan fingerprint density at radius 3 is 2.20 bits per heavy atom. The fourth-order valence-corrected chi connectivity index (χ4v) is 5.00. The van der Waals surface area contributed by atoms with E-state index in [1.165, 1.54) is 12.5 Å². The topological polar surface area (TPSA) is 46.6 Å². The number of aryl methyl sites for hydroxylation is 1. The molecule has 0 spiro atoms. The monoisotopic (exact) mass is 417 g/mol. The van der Waals surface area contributed by atoms with Crippen molar-refractivity contribution in [1.29, 1.82) is 0 Å². The fraction of sp³-hybridized carbons (Fsp3) is 0.200. The van der Waals surface area contributed by atoms with Crippen LogP contribution >= 0.6 is 11.8 Å². The average molecular weight is 418 g/mol. The van der Waals surface area contributed by atoms with E-state index < -0.39 is 0 Å². The predicted octanol–water partition coefficient (Wildman–Crippen LogP) is 5.04. The van der Waals surface area contributed by atoms with Gasteiger partial charge in [0, 0.05) is 12.6 Å². The predicted molar refractivity (Wildman–Crippen MR) is 121 cm³/mol. The zero-order valence-corrected chi connectivity index (χ0v) is 17.5. The first-order valence-electron chi connectivity index (χ1n) is 9.95. The summed E-state index contributed by atoms with van der Waals surface area (Å²) < 4.78 is 5.15. The third-order valence-corrected chi connectivity index (χ3v) is 6.35. The molecule has 152 valence electrons. The Morgan fingerprint density at radius 2 is 1.57 bits per heavy atom. The first-order chi connectivity index (χ1) is 14.6. The fourth-order valence-electron chi connectivity index (χ4n) is 3.67. The van der Waals surface area contributed by atoms with Gasteiger partial charge in [0.05, 0.1) is 6.04 Å². The molecule has 0 radical (unpaired) electrons. The molecular formula is C25H23NO3S. The lowest BCUT2D eigenvalue weighted by molar-refractivity contribution is -0.131. The lowest BCUT2D eigenvalue weighted by Gasteiger charge is -2.47. The van der Waals surface area contributed by atoms with E-state index in [4.69, 9.17) is 4.74 Å². The number of benzene rings is 3. The molecule has 0 aromatic heterocycles. The number of para-hydroxylation sites is 1. The molecule has 4 nitrogen and oxygen atoms in total. The summed E-state index contributed by atoms with van der Waals surface area (Å²) in [7, 11) is 0. The zero-order chi connectivity index (χ0) is 20.9. The quantitative estimate of drug-likeness (QED) is 0.307. The van der Waals surface area contributed by atoms with Crippen LogP contribution in [0.3, 0.4) is 0 Å². The normalized spacial score (nSPS) is 18.0. The molecule has 1 amide bonds. The number of hydrogen-bond acceptors (Lipinski definition) is 4. The largest absolute Gasteiger partial charge is 0.427 e. The summed E-state index contributed by atoms with van der Waals surface area (Å²) in [5.74, 6) is 1.18. The lowest BCUT2D eigenvalue weighted by Crippen LogP contribution is -2.57. The number of anilines is 1. The maximum Gasteiger partial charge on any atom is 0.308 e. The van der Waals surface area contributed by atoms with Crippen LogP contribution in [0.5, 0.6) is 5.75 Å². The summed E-state index contributed by atoms with van der Waals surface area (Å²) in [6.45, 7) is 1.38. The molecule has 0 aliphatic carbocycles. The molecule has 0 saturated carbocycles. The number of thioether (sulfide) groups is 1. The number of nitrogens with zero attached hydrogens (tertiary/aromatic N) is 1. The van der Waals surface area contributed by atoms with Crippen molar-refractivity contribution in [3.63, 3.8) is 0 Å². The highest BCUT2D eigenvalue weighted by atomic mass is 32.2. The van der Waals surface area contributed by atoms with E-state index in [2.05, 4.69) is 12.1 Å². The maximum absolute atomic E-state index is 13.0. The van der Waals surface area contributed by atoms with E-state index in [-0.39, 0.29) is 23.2 Å². The van der Waals surface area contributed by atoms with E-state index >= 15 is 0 Å². The minimum absolute atomic E-state index is 0.0490. The molecule has 1 saturated heterocycles. The Morgan fingerprint density at radius 1 is 0.933 bits per heavy atom. The first-order valence-corrected chi connectivity index (χ1v) is 11.0. The molecule has 2 atom stereocenters. The van der Waals surface area contributed by atoms with Gasteiger partial charge < -0.3 is 9.64 Å². The standard InChI is InChI=1S/C25H23NO3S/c1-18(27)29-22-14-12-20(13-15-22)23-24(30-17-16-19-8-4-2-5-9-19)25(28)26(23)21-10-6-3-7-11-21/h2-15,23-24H,16-17H2,1H3/t23-,24+/m1/s1. The van der Waals surface area contributed by atoms with Gasteiger partial charge in [0.15, 0.2) is 0 Å². The van der Waals surface area contributed by atoms with Gasteiger partial charge >= 0.3 is 5.97 Å². The summed E-state index contributed by atoms with van der Waals surface area (Å²) >= 11 is 1.71. The molecule has 4 rings (SSSR count). The van der Waals surface area contributed by atoms with Gasteiger partial charge in [-0.1, -0.05) is 60.7 Å². The van der Waals surface area contributed by atoms with Crippen molar-refractivity contribution >= 4 is 29.3 Å². The second-order valence-electron chi connectivity index (χ2n) is 7.18. The van der Waals surface area contributed by atoms with Gasteiger partial charge in [0.2, 0.25) is 5.91 Å². The highest BCUT2D eigenvalue weighted by molar-refractivity contribution is 8.00. The third kappa shape index (κ3) is 4.41. The van der Waals surface area contributed by atoms with Crippen LogP contribution in [0.15, 0.2) is 84.9 Å². The number of rotatable bonds is 7. The molecule has 30 heavy (non-hydrogen) atoms. The summed E-state index contributed by atoms with van der Waals surface area (Å²) in [4.78, 5) is 26.1. The van der Waals surface area contributed by atoms with E-state index in [0.29, 0.717) is 5.75 Å². The molecule has 0 bridgehead atoms. The molecule has 0 N–H and O–H groups in total. The van der Waals surface area contributed by atoms with Crippen molar-refractivity contribution in [2.24, 2.45) is 0 Å². The summed E-state index contributed by atoms with van der Waals surface area (Å²) in [6.07, 6.45) is 0.929. The molecule has 1 heterocycles. The van der Waals surface area contributed by atoms with Gasteiger partial charge in [-0.3, -0.25) is 9.59 Å². The number of hydrogen-bond donors (Lipinski definition) is 0. The number of amides is 1. The average Bonchev–Trinajstić information content (AvgIpc) is 2.76. The molecule has 1 aliphatic heterocycles. The highest BCUT2D eigenvalue weighted by Crippen LogP contribution is 2.45. The molecule has 1 fully saturated rings. The minimum atomic E-state index is -0.346. The van der Waals surface area contributed by atoms with Gasteiger partial charge in [-0.15, -0.1) is 11.8 Å². The zero-order valence-electron chi connectivity index (χ0n) is 16.7. The number of ether oxygens (including phenoxy) is 1. The van der Waals surface area contributed by atoms with Gasteiger partial charge in [-0.25, -0.2) is 0 Å². The Hall–Kier alpha value is -3.05. The van der Waals surface area contributed by atoms with E-state index in [9.17, 15) is 9.59 Å². The smallest absolute Gasteiger partial charge is 0.308 e.